The molecule has 0 aromatic heterocycles. The van der Waals surface area contributed by atoms with E-state index in [9.17, 15) is 9.59 Å². The Bertz CT molecular complexity index is 931. The van der Waals surface area contributed by atoms with E-state index in [0.717, 1.165) is 22.4 Å². The van der Waals surface area contributed by atoms with Crippen molar-refractivity contribution in [3.8, 4) is 11.5 Å². The van der Waals surface area contributed by atoms with Gasteiger partial charge in [0.05, 0.1) is 19.7 Å². The maximum atomic E-state index is 12.6. The summed E-state index contributed by atoms with van der Waals surface area (Å²) in [5, 5.41) is 5.82. The van der Waals surface area contributed by atoms with Crippen molar-refractivity contribution < 1.29 is 23.8 Å². The molecule has 1 heterocycles. The fourth-order valence-electron chi connectivity index (χ4n) is 3.22. The quantitative estimate of drug-likeness (QED) is 0.605. The smallest absolute Gasteiger partial charge is 0.238 e. The van der Waals surface area contributed by atoms with Crippen molar-refractivity contribution in [2.24, 2.45) is 0 Å². The first-order valence-electron chi connectivity index (χ1n) is 10.2. The molecule has 31 heavy (non-hydrogen) atoms. The second kappa shape index (κ2) is 10.8. The molecule has 0 radical (unpaired) electrons. The fraction of sp³-hybridized carbons (Fsp3) is 0.391. The van der Waals surface area contributed by atoms with E-state index in [-0.39, 0.29) is 31.7 Å². The number of carbonyl (C=O) groups is 2. The van der Waals surface area contributed by atoms with Gasteiger partial charge in [-0.3, -0.25) is 14.5 Å². The molecule has 2 amide bonds. The molecule has 1 aliphatic rings. The summed E-state index contributed by atoms with van der Waals surface area (Å²) in [6, 6.07) is 11.3. The molecule has 0 saturated carbocycles. The van der Waals surface area contributed by atoms with Gasteiger partial charge in [-0.05, 0) is 48.7 Å². The van der Waals surface area contributed by atoms with Crippen LogP contribution in [-0.2, 0) is 20.9 Å². The minimum absolute atomic E-state index is 0.0914. The normalized spacial score (nSPS) is 12.1. The second-order valence-electron chi connectivity index (χ2n) is 7.46. The van der Waals surface area contributed by atoms with Gasteiger partial charge in [0, 0.05) is 25.9 Å². The van der Waals surface area contributed by atoms with Crippen molar-refractivity contribution in [1.29, 1.82) is 0 Å². The highest BCUT2D eigenvalue weighted by molar-refractivity contribution is 5.93. The van der Waals surface area contributed by atoms with Gasteiger partial charge >= 0.3 is 0 Å². The summed E-state index contributed by atoms with van der Waals surface area (Å²) < 4.78 is 15.8. The average Bonchev–Trinajstić information content (AvgIpc) is 3.21. The van der Waals surface area contributed by atoms with Crippen molar-refractivity contribution in [2.75, 3.05) is 45.5 Å². The summed E-state index contributed by atoms with van der Waals surface area (Å²) in [5.74, 6) is 1.04. The number of hydrogen-bond acceptors (Lipinski definition) is 6. The molecule has 8 heteroatoms. The van der Waals surface area contributed by atoms with Gasteiger partial charge in [0.25, 0.3) is 0 Å². The SMILES string of the molecule is COCCN(CC(=O)NCc1ccc2c(c1)OCO2)CC(=O)Nc1cccc(C)c1C. The maximum absolute atomic E-state index is 12.6. The van der Waals surface area contributed by atoms with Gasteiger partial charge in [-0.2, -0.15) is 0 Å². The number of rotatable bonds is 10. The van der Waals surface area contributed by atoms with E-state index in [1.807, 2.05) is 50.2 Å². The average molecular weight is 428 g/mol. The Kier molecular flexibility index (Phi) is 7.86. The van der Waals surface area contributed by atoms with Crippen LogP contribution in [0.5, 0.6) is 11.5 Å². The predicted molar refractivity (Wildman–Crippen MR) is 117 cm³/mol. The molecular weight excluding hydrogens is 398 g/mol. The second-order valence-corrected chi connectivity index (χ2v) is 7.46. The van der Waals surface area contributed by atoms with E-state index in [2.05, 4.69) is 10.6 Å². The molecule has 2 aromatic carbocycles. The monoisotopic (exact) mass is 427 g/mol. The van der Waals surface area contributed by atoms with Gasteiger partial charge in [0.15, 0.2) is 11.5 Å². The molecule has 166 valence electrons. The van der Waals surface area contributed by atoms with E-state index in [1.54, 1.807) is 12.0 Å². The van der Waals surface area contributed by atoms with Gasteiger partial charge in [-0.15, -0.1) is 0 Å². The van der Waals surface area contributed by atoms with Crippen LogP contribution in [0.15, 0.2) is 36.4 Å². The van der Waals surface area contributed by atoms with Crippen LogP contribution >= 0.6 is 0 Å². The third-order valence-corrected chi connectivity index (χ3v) is 5.15. The Hall–Kier alpha value is -3.10. The van der Waals surface area contributed by atoms with Crippen LogP contribution in [0, 0.1) is 13.8 Å². The standard InChI is InChI=1S/C23H29N3O5/c1-16-5-4-6-19(17(16)2)25-23(28)14-26(9-10-29-3)13-22(27)24-12-18-7-8-20-21(11-18)31-15-30-20/h4-8,11H,9-10,12-15H2,1-3H3,(H,24,27)(H,25,28). The number of benzene rings is 2. The number of amides is 2. The van der Waals surface area contributed by atoms with Gasteiger partial charge in [-0.1, -0.05) is 18.2 Å². The van der Waals surface area contributed by atoms with Gasteiger partial charge in [0.1, 0.15) is 0 Å². The van der Waals surface area contributed by atoms with Crippen LogP contribution in [-0.4, -0.2) is 56.9 Å². The third-order valence-electron chi connectivity index (χ3n) is 5.15. The molecule has 3 rings (SSSR count). The molecule has 1 aliphatic heterocycles. The van der Waals surface area contributed by atoms with Crippen LogP contribution in [0.4, 0.5) is 5.69 Å². The van der Waals surface area contributed by atoms with E-state index in [0.29, 0.717) is 31.2 Å². The lowest BCUT2D eigenvalue weighted by molar-refractivity contribution is -0.123. The summed E-state index contributed by atoms with van der Waals surface area (Å²) in [4.78, 5) is 26.8. The molecular formula is C23H29N3O5. The van der Waals surface area contributed by atoms with Crippen LogP contribution in [0.1, 0.15) is 16.7 Å². The summed E-state index contributed by atoms with van der Waals surface area (Å²) in [7, 11) is 1.59. The van der Waals surface area contributed by atoms with Crippen LogP contribution < -0.4 is 20.1 Å². The van der Waals surface area contributed by atoms with Crippen molar-refractivity contribution in [3.63, 3.8) is 0 Å². The molecule has 0 unspecified atom stereocenters. The molecule has 0 bridgehead atoms. The van der Waals surface area contributed by atoms with Crippen molar-refractivity contribution in [2.45, 2.75) is 20.4 Å². The van der Waals surface area contributed by atoms with Crippen LogP contribution in [0.2, 0.25) is 0 Å². The van der Waals surface area contributed by atoms with E-state index in [1.165, 1.54) is 0 Å². The number of hydrogen-bond donors (Lipinski definition) is 2. The van der Waals surface area contributed by atoms with E-state index in [4.69, 9.17) is 14.2 Å². The van der Waals surface area contributed by atoms with Crippen molar-refractivity contribution in [1.82, 2.24) is 10.2 Å². The van der Waals surface area contributed by atoms with E-state index >= 15 is 0 Å². The predicted octanol–water partition coefficient (Wildman–Crippen LogP) is 2.24. The van der Waals surface area contributed by atoms with E-state index < -0.39 is 0 Å². The molecule has 0 spiro atoms. The van der Waals surface area contributed by atoms with Gasteiger partial charge < -0.3 is 24.8 Å². The Morgan fingerprint density at radius 2 is 1.84 bits per heavy atom. The van der Waals surface area contributed by atoms with Gasteiger partial charge in [0.2, 0.25) is 18.6 Å². The minimum Gasteiger partial charge on any atom is -0.454 e. The lowest BCUT2D eigenvalue weighted by Gasteiger charge is -2.21. The summed E-state index contributed by atoms with van der Waals surface area (Å²) in [5.41, 5.74) is 3.83. The summed E-state index contributed by atoms with van der Waals surface area (Å²) in [6.07, 6.45) is 0. The third kappa shape index (κ3) is 6.44. The summed E-state index contributed by atoms with van der Waals surface area (Å²) >= 11 is 0. The number of nitrogens with one attached hydrogen (secondary N) is 2. The number of nitrogens with zero attached hydrogens (tertiary/aromatic N) is 1. The van der Waals surface area contributed by atoms with Crippen molar-refractivity contribution >= 4 is 17.5 Å². The number of methoxy groups -OCH3 is 1. The first-order valence-corrected chi connectivity index (χ1v) is 10.2. The molecule has 8 nitrogen and oxygen atoms in total. The topological polar surface area (TPSA) is 89.1 Å². The Morgan fingerprint density at radius 1 is 1.06 bits per heavy atom. The first-order chi connectivity index (χ1) is 15.0. The molecule has 0 saturated heterocycles. The van der Waals surface area contributed by atoms with Crippen LogP contribution in [0.25, 0.3) is 0 Å². The molecule has 0 atom stereocenters. The number of carbonyl (C=O) groups excluding carboxylic acids is 2. The zero-order chi connectivity index (χ0) is 22.2. The molecule has 2 aromatic rings. The maximum Gasteiger partial charge on any atom is 0.238 e. The molecule has 0 aliphatic carbocycles. The zero-order valence-corrected chi connectivity index (χ0v) is 18.2. The largest absolute Gasteiger partial charge is 0.454 e. The zero-order valence-electron chi connectivity index (χ0n) is 18.2. The van der Waals surface area contributed by atoms with Gasteiger partial charge in [-0.25, -0.2) is 0 Å². The Balaban J connectivity index is 1.52. The first kappa shape index (κ1) is 22.6. The highest BCUT2D eigenvalue weighted by Gasteiger charge is 2.17. The lowest BCUT2D eigenvalue weighted by Crippen LogP contribution is -2.42. The number of ether oxygens (including phenoxy) is 3. The Morgan fingerprint density at radius 3 is 2.65 bits per heavy atom. The molecule has 2 N–H and O–H groups in total. The lowest BCUT2D eigenvalue weighted by atomic mass is 10.1. The van der Waals surface area contributed by atoms with Crippen molar-refractivity contribution in [3.05, 3.63) is 53.1 Å². The summed E-state index contributed by atoms with van der Waals surface area (Å²) in [6.45, 7) is 5.62. The van der Waals surface area contributed by atoms with Crippen LogP contribution in [0.3, 0.4) is 0 Å². The number of anilines is 1. The number of fused-ring (bicyclic) bond motifs is 1. The Labute approximate surface area is 182 Å². The minimum atomic E-state index is -0.173. The number of aryl methyl sites for hydroxylation is 1. The highest BCUT2D eigenvalue weighted by atomic mass is 16.7. The highest BCUT2D eigenvalue weighted by Crippen LogP contribution is 2.32. The fourth-order valence-corrected chi connectivity index (χ4v) is 3.22. The molecule has 0 fully saturated rings.